The summed E-state index contributed by atoms with van der Waals surface area (Å²) in [6.07, 6.45) is 0.968. The van der Waals surface area contributed by atoms with Crippen LogP contribution in [0.3, 0.4) is 0 Å². The molecule has 0 radical (unpaired) electrons. The maximum atomic E-state index is 5.96. The van der Waals surface area contributed by atoms with Gasteiger partial charge in [-0.15, -0.1) is 0 Å². The van der Waals surface area contributed by atoms with E-state index < -0.39 is 0 Å². The molecule has 0 spiro atoms. The van der Waals surface area contributed by atoms with E-state index in [0.29, 0.717) is 6.54 Å². The van der Waals surface area contributed by atoms with Gasteiger partial charge >= 0.3 is 0 Å². The predicted molar refractivity (Wildman–Crippen MR) is 85.4 cm³/mol. The highest BCUT2D eigenvalue weighted by Crippen LogP contribution is 2.11. The summed E-state index contributed by atoms with van der Waals surface area (Å²) in [6.45, 7) is 7.90. The predicted octanol–water partition coefficient (Wildman–Crippen LogP) is 2.82. The van der Waals surface area contributed by atoms with Crippen LogP contribution >= 0.6 is 11.6 Å². The van der Waals surface area contributed by atoms with Crippen molar-refractivity contribution in [1.29, 1.82) is 0 Å². The smallest absolute Gasteiger partial charge is 0.191 e. The van der Waals surface area contributed by atoms with Crippen LogP contribution in [0.2, 0.25) is 5.02 Å². The molecular formula is C15H24ClN3O. The maximum absolute atomic E-state index is 5.96. The third-order valence-corrected chi connectivity index (χ3v) is 2.85. The first-order valence-electron chi connectivity index (χ1n) is 7.10. The van der Waals surface area contributed by atoms with Crippen LogP contribution in [0, 0.1) is 0 Å². The Morgan fingerprint density at radius 3 is 2.85 bits per heavy atom. The highest BCUT2D eigenvalue weighted by molar-refractivity contribution is 6.30. The molecule has 5 heteroatoms. The van der Waals surface area contributed by atoms with Crippen LogP contribution in [0.4, 0.5) is 0 Å². The van der Waals surface area contributed by atoms with Crippen LogP contribution in [-0.2, 0) is 11.3 Å². The fraction of sp³-hybridized carbons (Fsp3) is 0.533. The summed E-state index contributed by atoms with van der Waals surface area (Å²) in [4.78, 5) is 4.54. The maximum Gasteiger partial charge on any atom is 0.191 e. The quantitative estimate of drug-likeness (QED) is 0.441. The molecule has 0 aliphatic rings. The van der Waals surface area contributed by atoms with E-state index >= 15 is 0 Å². The van der Waals surface area contributed by atoms with E-state index in [-0.39, 0.29) is 0 Å². The summed E-state index contributed by atoms with van der Waals surface area (Å²) in [7, 11) is 0. The number of aliphatic imine (C=N–C) groups is 1. The van der Waals surface area contributed by atoms with Gasteiger partial charge in [-0.3, -0.25) is 0 Å². The normalized spacial score (nSPS) is 11.4. The molecule has 0 saturated carbocycles. The molecule has 20 heavy (non-hydrogen) atoms. The zero-order valence-corrected chi connectivity index (χ0v) is 13.0. The van der Waals surface area contributed by atoms with Crippen molar-refractivity contribution >= 4 is 17.6 Å². The van der Waals surface area contributed by atoms with E-state index in [1.54, 1.807) is 0 Å². The van der Waals surface area contributed by atoms with Crippen molar-refractivity contribution < 1.29 is 4.74 Å². The number of hydrogen-bond acceptors (Lipinski definition) is 2. The van der Waals surface area contributed by atoms with Crippen molar-refractivity contribution in [2.75, 3.05) is 26.3 Å². The molecule has 1 aromatic rings. The van der Waals surface area contributed by atoms with Crippen LogP contribution < -0.4 is 10.6 Å². The van der Waals surface area contributed by atoms with Crippen molar-refractivity contribution in [3.8, 4) is 0 Å². The van der Waals surface area contributed by atoms with Gasteiger partial charge in [0, 0.05) is 31.3 Å². The van der Waals surface area contributed by atoms with Gasteiger partial charge in [0.2, 0.25) is 0 Å². The van der Waals surface area contributed by atoms with Gasteiger partial charge in [0.15, 0.2) is 5.96 Å². The van der Waals surface area contributed by atoms with Gasteiger partial charge < -0.3 is 15.4 Å². The van der Waals surface area contributed by atoms with Crippen LogP contribution in [0.15, 0.2) is 29.3 Å². The van der Waals surface area contributed by atoms with Crippen molar-refractivity contribution in [2.24, 2.45) is 4.99 Å². The second kappa shape index (κ2) is 10.5. The molecule has 0 saturated heterocycles. The second-order valence-corrected chi connectivity index (χ2v) is 4.74. The van der Waals surface area contributed by atoms with Gasteiger partial charge in [0.05, 0.1) is 6.54 Å². The lowest BCUT2D eigenvalue weighted by Gasteiger charge is -2.11. The minimum absolute atomic E-state index is 0.612. The summed E-state index contributed by atoms with van der Waals surface area (Å²) in [5.41, 5.74) is 1.10. The monoisotopic (exact) mass is 297 g/mol. The van der Waals surface area contributed by atoms with Gasteiger partial charge in [0.25, 0.3) is 0 Å². The molecular weight excluding hydrogens is 274 g/mol. The molecule has 0 aromatic heterocycles. The van der Waals surface area contributed by atoms with E-state index in [0.717, 1.165) is 49.3 Å². The molecule has 0 unspecified atom stereocenters. The molecule has 0 aliphatic heterocycles. The Balaban J connectivity index is 2.41. The highest BCUT2D eigenvalue weighted by atomic mass is 35.5. The van der Waals surface area contributed by atoms with Gasteiger partial charge in [-0.2, -0.15) is 0 Å². The average molecular weight is 298 g/mol. The van der Waals surface area contributed by atoms with E-state index in [9.17, 15) is 0 Å². The first-order chi connectivity index (χ1) is 9.76. The van der Waals surface area contributed by atoms with Crippen LogP contribution in [-0.4, -0.2) is 32.3 Å². The highest BCUT2D eigenvalue weighted by Gasteiger charge is 1.98. The topological polar surface area (TPSA) is 45.7 Å². The average Bonchev–Trinajstić information content (AvgIpc) is 2.44. The molecule has 1 aromatic carbocycles. The van der Waals surface area contributed by atoms with Crippen molar-refractivity contribution in [3.05, 3.63) is 34.9 Å². The van der Waals surface area contributed by atoms with E-state index in [1.165, 1.54) is 0 Å². The van der Waals surface area contributed by atoms with E-state index in [4.69, 9.17) is 16.3 Å². The van der Waals surface area contributed by atoms with Crippen molar-refractivity contribution in [1.82, 2.24) is 10.6 Å². The summed E-state index contributed by atoms with van der Waals surface area (Å²) in [5, 5.41) is 7.26. The fourth-order valence-electron chi connectivity index (χ4n) is 1.67. The number of benzene rings is 1. The zero-order chi connectivity index (χ0) is 14.6. The summed E-state index contributed by atoms with van der Waals surface area (Å²) in [5.74, 6) is 0.823. The standard InChI is InChI=1S/C15H24ClN3O/c1-3-17-15(18-9-6-10-20-4-2)19-12-13-7-5-8-14(16)11-13/h5,7-8,11H,3-4,6,9-10,12H2,1-2H3,(H2,17,18,19). The number of nitrogens with zero attached hydrogens (tertiary/aromatic N) is 1. The zero-order valence-electron chi connectivity index (χ0n) is 12.3. The van der Waals surface area contributed by atoms with Gasteiger partial charge in [0.1, 0.15) is 0 Å². The number of guanidine groups is 1. The minimum Gasteiger partial charge on any atom is -0.382 e. The summed E-state index contributed by atoms with van der Waals surface area (Å²) >= 11 is 5.96. The lowest BCUT2D eigenvalue weighted by Crippen LogP contribution is -2.38. The van der Waals surface area contributed by atoms with Crippen molar-refractivity contribution in [2.45, 2.75) is 26.8 Å². The van der Waals surface area contributed by atoms with E-state index in [2.05, 4.69) is 22.5 Å². The summed E-state index contributed by atoms with van der Waals surface area (Å²) < 4.78 is 5.30. The number of ether oxygens (including phenoxy) is 1. The lowest BCUT2D eigenvalue weighted by molar-refractivity contribution is 0.145. The molecule has 0 fully saturated rings. The molecule has 4 nitrogen and oxygen atoms in total. The van der Waals surface area contributed by atoms with Crippen LogP contribution in [0.25, 0.3) is 0 Å². The number of halogens is 1. The Morgan fingerprint density at radius 2 is 2.15 bits per heavy atom. The van der Waals surface area contributed by atoms with Crippen LogP contribution in [0.1, 0.15) is 25.8 Å². The Kier molecular flexibility index (Phi) is 8.83. The number of hydrogen-bond donors (Lipinski definition) is 2. The number of nitrogens with one attached hydrogen (secondary N) is 2. The Hall–Kier alpha value is -1.26. The molecule has 0 bridgehead atoms. The van der Waals surface area contributed by atoms with Crippen LogP contribution in [0.5, 0.6) is 0 Å². The molecule has 1 rings (SSSR count). The third kappa shape index (κ3) is 7.36. The number of rotatable bonds is 8. The summed E-state index contributed by atoms with van der Waals surface area (Å²) in [6, 6.07) is 7.76. The van der Waals surface area contributed by atoms with Gasteiger partial charge in [-0.05, 0) is 38.0 Å². The Bertz CT molecular complexity index is 410. The van der Waals surface area contributed by atoms with E-state index in [1.807, 2.05) is 31.2 Å². The first-order valence-corrected chi connectivity index (χ1v) is 7.48. The third-order valence-electron chi connectivity index (χ3n) is 2.62. The molecule has 0 heterocycles. The van der Waals surface area contributed by atoms with Gasteiger partial charge in [-0.1, -0.05) is 23.7 Å². The largest absolute Gasteiger partial charge is 0.382 e. The molecule has 0 amide bonds. The lowest BCUT2D eigenvalue weighted by atomic mass is 10.2. The Morgan fingerprint density at radius 1 is 1.30 bits per heavy atom. The molecule has 2 N–H and O–H groups in total. The Labute approximate surface area is 126 Å². The minimum atomic E-state index is 0.612. The molecule has 0 aliphatic carbocycles. The van der Waals surface area contributed by atoms with Gasteiger partial charge in [-0.25, -0.2) is 4.99 Å². The SMILES string of the molecule is CCNC(=NCc1cccc(Cl)c1)NCCCOCC. The first kappa shape index (κ1) is 16.8. The molecule has 112 valence electrons. The van der Waals surface area contributed by atoms with Crippen molar-refractivity contribution in [3.63, 3.8) is 0 Å². The second-order valence-electron chi connectivity index (χ2n) is 4.30. The fourth-order valence-corrected chi connectivity index (χ4v) is 1.89. The molecule has 0 atom stereocenters.